The quantitative estimate of drug-likeness (QED) is 0.210. The molecule has 0 aromatic carbocycles. The van der Waals surface area contributed by atoms with Gasteiger partial charge in [-0.05, 0) is 23.6 Å². The largest absolute Gasteiger partial charge is 0.397 e. The van der Waals surface area contributed by atoms with Gasteiger partial charge < -0.3 is 39.1 Å². The molecule has 0 aliphatic rings. The molecule has 0 spiro atoms. The molecule has 0 atom stereocenters. The summed E-state index contributed by atoms with van der Waals surface area (Å²) in [5.74, 6) is 0. The predicted octanol–water partition coefficient (Wildman–Crippen LogP) is -2.59. The van der Waals surface area contributed by atoms with E-state index in [-0.39, 0.29) is 0 Å². The molecule has 0 saturated carbocycles. The van der Waals surface area contributed by atoms with E-state index in [1.54, 1.807) is 0 Å². The molecule has 0 bridgehead atoms. The van der Waals surface area contributed by atoms with Gasteiger partial charge in [-0.1, -0.05) is 0 Å². The molecule has 10 N–H and O–H groups in total. The van der Waals surface area contributed by atoms with Crippen molar-refractivity contribution in [1.29, 1.82) is 0 Å². The standard InChI is InChI=1S/H4NO3P.2H3O3PS/c1-5(2,3)4;2*1-4(2,3)5/h(H4,1,2,3,4);2*(H3,1,2,3,5). The molecule has 0 heterocycles. The van der Waals surface area contributed by atoms with Crippen LogP contribution in [0.4, 0.5) is 0 Å². The van der Waals surface area contributed by atoms with E-state index in [0.717, 1.165) is 0 Å². The maximum absolute atomic E-state index is 9.10. The van der Waals surface area contributed by atoms with Gasteiger partial charge in [0.15, 0.2) is 0 Å². The fourth-order valence-electron chi connectivity index (χ4n) is 0. The Morgan fingerprint density at radius 2 is 0.733 bits per heavy atom. The smallest absolute Gasteiger partial charge is 0.325 e. The van der Waals surface area contributed by atoms with Crippen molar-refractivity contribution in [3.05, 3.63) is 0 Å². The zero-order valence-corrected chi connectivity index (χ0v) is 11.0. The van der Waals surface area contributed by atoms with Gasteiger partial charge in [-0.25, -0.2) is 10.1 Å². The van der Waals surface area contributed by atoms with Gasteiger partial charge in [0.2, 0.25) is 0 Å². The van der Waals surface area contributed by atoms with Crippen LogP contribution in [0.1, 0.15) is 0 Å². The summed E-state index contributed by atoms with van der Waals surface area (Å²) in [5.41, 5.74) is 4.02. The normalized spacial score (nSPS) is 11.8. The Bertz CT molecular complexity index is 209. The lowest BCUT2D eigenvalue weighted by Gasteiger charge is -1.88. The lowest BCUT2D eigenvalue weighted by Crippen LogP contribution is -1.87. The fraction of sp³-hybridized carbons (Fsp3) is 0. The van der Waals surface area contributed by atoms with Crippen LogP contribution in [0.3, 0.4) is 0 Å². The average molecular weight is 325 g/mol. The summed E-state index contributed by atoms with van der Waals surface area (Å²) >= 11 is 7.21. The summed E-state index contributed by atoms with van der Waals surface area (Å²) in [7, 11) is -4.14. The minimum absolute atomic E-state index is 3.60. The van der Waals surface area contributed by atoms with E-state index in [0.29, 0.717) is 0 Å². The van der Waals surface area contributed by atoms with Crippen LogP contribution in [0.5, 0.6) is 0 Å². The van der Waals surface area contributed by atoms with Gasteiger partial charge in [0.25, 0.3) is 0 Å². The molecule has 0 aromatic rings. The van der Waals surface area contributed by atoms with Crippen LogP contribution < -0.4 is 5.50 Å². The molecular formula is H10NO9P3S2. The second-order valence-electron chi connectivity index (χ2n) is 1.62. The third-order valence-electron chi connectivity index (χ3n) is 0. The van der Waals surface area contributed by atoms with Crippen molar-refractivity contribution < 1.29 is 43.7 Å². The molecule has 0 fully saturated rings. The van der Waals surface area contributed by atoms with Gasteiger partial charge in [-0.3, -0.25) is 0 Å². The highest BCUT2D eigenvalue weighted by Gasteiger charge is 1.96. The Labute approximate surface area is 94.4 Å². The first-order valence-electron chi connectivity index (χ1n) is 2.41. The highest BCUT2D eigenvalue weighted by Crippen LogP contribution is 2.26. The van der Waals surface area contributed by atoms with Gasteiger partial charge in [0, 0.05) is 0 Å². The van der Waals surface area contributed by atoms with Crippen LogP contribution in [-0.2, 0) is 28.2 Å². The Morgan fingerprint density at radius 1 is 0.733 bits per heavy atom. The minimum atomic E-state index is -4.14. The first-order chi connectivity index (χ1) is 6.00. The molecule has 0 rings (SSSR count). The van der Waals surface area contributed by atoms with Gasteiger partial charge in [0.1, 0.15) is 0 Å². The van der Waals surface area contributed by atoms with Crippen LogP contribution in [0.25, 0.3) is 0 Å². The van der Waals surface area contributed by atoms with Crippen LogP contribution >= 0.6 is 21.2 Å². The summed E-state index contributed by atoms with van der Waals surface area (Å²) < 4.78 is 9.10. The van der Waals surface area contributed by atoms with E-state index < -0.39 is 21.2 Å². The van der Waals surface area contributed by atoms with Crippen LogP contribution in [0.15, 0.2) is 0 Å². The van der Waals surface area contributed by atoms with Gasteiger partial charge in [-0.15, -0.1) is 0 Å². The molecule has 0 unspecified atom stereocenters. The van der Waals surface area contributed by atoms with Crippen molar-refractivity contribution in [3.63, 3.8) is 0 Å². The molecule has 0 saturated heterocycles. The zero-order chi connectivity index (χ0) is 13.5. The van der Waals surface area contributed by atoms with Crippen molar-refractivity contribution in [3.8, 4) is 0 Å². The Kier molecular flexibility index (Phi) is 11.9. The topological polar surface area (TPSA) is 205 Å². The van der Waals surface area contributed by atoms with Crippen molar-refractivity contribution in [2.24, 2.45) is 5.50 Å². The number of rotatable bonds is 0. The predicted molar refractivity (Wildman–Crippen MR) is 58.1 cm³/mol. The molecule has 0 radical (unpaired) electrons. The summed E-state index contributed by atoms with van der Waals surface area (Å²) in [5, 5.41) is 0. The summed E-state index contributed by atoms with van der Waals surface area (Å²) in [6.45, 7) is -7.61. The highest BCUT2D eigenvalue weighted by atomic mass is 32.5. The van der Waals surface area contributed by atoms with E-state index in [1.165, 1.54) is 0 Å². The molecule has 96 valence electrons. The Hall–Kier alpha value is 1.17. The molecule has 0 aromatic heterocycles. The average Bonchev–Trinajstić information content (AvgIpc) is 1.41. The molecule has 0 aliphatic heterocycles. The summed E-state index contributed by atoms with van der Waals surface area (Å²) in [4.78, 5) is 60.2. The second-order valence-corrected chi connectivity index (χ2v) is 7.79. The number of nitrogens with two attached hydrogens (primary N) is 1. The number of hydrogen-bond acceptors (Lipinski definition) is 3. The van der Waals surface area contributed by atoms with E-state index in [4.69, 9.17) is 43.7 Å². The van der Waals surface area contributed by atoms with Gasteiger partial charge in [-0.2, -0.15) is 0 Å². The van der Waals surface area contributed by atoms with Crippen LogP contribution in [-0.4, -0.2) is 39.1 Å². The lowest BCUT2D eigenvalue weighted by molar-refractivity contribution is 0.361. The van der Waals surface area contributed by atoms with E-state index in [2.05, 4.69) is 29.1 Å². The molecule has 0 amide bonds. The van der Waals surface area contributed by atoms with Crippen LogP contribution in [0, 0.1) is 0 Å². The van der Waals surface area contributed by atoms with Crippen molar-refractivity contribution in [2.75, 3.05) is 0 Å². The minimum Gasteiger partial charge on any atom is -0.325 e. The van der Waals surface area contributed by atoms with Crippen LogP contribution in [0.2, 0.25) is 0 Å². The summed E-state index contributed by atoms with van der Waals surface area (Å²) in [6.07, 6.45) is 0. The maximum Gasteiger partial charge on any atom is 0.397 e. The monoisotopic (exact) mass is 325 g/mol. The van der Waals surface area contributed by atoms with Crippen molar-refractivity contribution in [2.45, 2.75) is 0 Å². The molecule has 15 heavy (non-hydrogen) atoms. The van der Waals surface area contributed by atoms with Crippen molar-refractivity contribution >= 4 is 44.8 Å². The third kappa shape index (κ3) is 1920. The fourth-order valence-corrected chi connectivity index (χ4v) is 0. The summed E-state index contributed by atoms with van der Waals surface area (Å²) in [6, 6.07) is 0. The van der Waals surface area contributed by atoms with E-state index >= 15 is 0 Å². The van der Waals surface area contributed by atoms with E-state index in [1.807, 2.05) is 0 Å². The van der Waals surface area contributed by atoms with Crippen molar-refractivity contribution in [1.82, 2.24) is 0 Å². The Morgan fingerprint density at radius 3 is 0.733 bits per heavy atom. The maximum atomic E-state index is 9.10. The Balaban J connectivity index is -0.000000144. The molecule has 0 aliphatic carbocycles. The third-order valence-corrected chi connectivity index (χ3v) is 0. The molecule has 15 heteroatoms. The van der Waals surface area contributed by atoms with Gasteiger partial charge in [0.05, 0.1) is 0 Å². The molecule has 10 nitrogen and oxygen atoms in total. The zero-order valence-electron chi connectivity index (χ0n) is 6.72. The van der Waals surface area contributed by atoms with Gasteiger partial charge >= 0.3 is 21.2 Å². The highest BCUT2D eigenvalue weighted by molar-refractivity contribution is 8.06. The SMILES string of the molecule is NP(=O)(O)O.OP(O)(O)=S.OP(O)(O)=S. The second kappa shape index (κ2) is 8.29. The first kappa shape index (κ1) is 21.5. The molecular weight excluding hydrogens is 315 g/mol. The van der Waals surface area contributed by atoms with E-state index in [9.17, 15) is 0 Å². The first-order valence-corrected chi connectivity index (χ1v) is 9.41. The number of hydrogen-bond donors (Lipinski definition) is 9. The lowest BCUT2D eigenvalue weighted by atomic mass is 13.9.